The van der Waals surface area contributed by atoms with Crippen LogP contribution in [0.3, 0.4) is 0 Å². The van der Waals surface area contributed by atoms with Gasteiger partial charge in [-0.15, -0.1) is 0 Å². The van der Waals surface area contributed by atoms with E-state index in [0.29, 0.717) is 6.54 Å². The second kappa shape index (κ2) is 6.00. The molecule has 1 N–H and O–H groups in total. The number of nitrogens with one attached hydrogen (secondary N) is 1. The molecule has 0 aliphatic heterocycles. The first-order valence-electron chi connectivity index (χ1n) is 5.96. The standard InChI is InChI=1S/C14H16N2O2/c1-2-9-18-14(17)15-10-12-8-7-11-5-3-4-6-13(11)16-12/h2,4,6-8H,1,3,5,9-10H2,(H,15,17). The number of nitrogens with zero attached hydrogens (tertiary/aromatic N) is 1. The Labute approximate surface area is 106 Å². The Morgan fingerprint density at radius 2 is 2.44 bits per heavy atom. The van der Waals surface area contributed by atoms with E-state index in [1.807, 2.05) is 12.1 Å². The third-order valence-corrected chi connectivity index (χ3v) is 2.67. The first-order chi connectivity index (χ1) is 8.79. The zero-order valence-corrected chi connectivity index (χ0v) is 10.2. The number of allylic oxidation sites excluding steroid dienone is 1. The van der Waals surface area contributed by atoms with Gasteiger partial charge in [0.25, 0.3) is 0 Å². The first kappa shape index (κ1) is 12.4. The lowest BCUT2D eigenvalue weighted by atomic mass is 10.0. The van der Waals surface area contributed by atoms with Gasteiger partial charge in [0, 0.05) is 0 Å². The molecular weight excluding hydrogens is 228 g/mol. The molecule has 1 aliphatic rings. The molecule has 4 nitrogen and oxygen atoms in total. The summed E-state index contributed by atoms with van der Waals surface area (Å²) in [6.07, 6.45) is 7.32. The fourth-order valence-corrected chi connectivity index (χ4v) is 1.78. The van der Waals surface area contributed by atoms with Crippen molar-refractivity contribution < 1.29 is 9.53 Å². The molecule has 0 bridgehead atoms. The van der Waals surface area contributed by atoms with E-state index in [2.05, 4.69) is 29.0 Å². The van der Waals surface area contributed by atoms with Crippen molar-refractivity contribution in [3.63, 3.8) is 0 Å². The lowest BCUT2D eigenvalue weighted by molar-refractivity contribution is 0.157. The number of rotatable bonds is 4. The number of fused-ring (bicyclic) bond motifs is 1. The van der Waals surface area contributed by atoms with Crippen LogP contribution in [0, 0.1) is 0 Å². The van der Waals surface area contributed by atoms with E-state index >= 15 is 0 Å². The lowest BCUT2D eigenvalue weighted by Gasteiger charge is -2.11. The van der Waals surface area contributed by atoms with Crippen molar-refractivity contribution in [2.45, 2.75) is 19.4 Å². The molecule has 0 saturated heterocycles. The van der Waals surface area contributed by atoms with Gasteiger partial charge in [0.2, 0.25) is 0 Å². The molecule has 2 rings (SSSR count). The predicted molar refractivity (Wildman–Crippen MR) is 70.0 cm³/mol. The minimum atomic E-state index is -0.454. The summed E-state index contributed by atoms with van der Waals surface area (Å²) in [5.41, 5.74) is 3.09. The van der Waals surface area contributed by atoms with Crippen LogP contribution >= 0.6 is 0 Å². The summed E-state index contributed by atoms with van der Waals surface area (Å²) in [4.78, 5) is 15.7. The molecule has 1 aromatic rings. The lowest BCUT2D eigenvalue weighted by Crippen LogP contribution is -2.24. The van der Waals surface area contributed by atoms with Crippen LogP contribution in [-0.2, 0) is 17.7 Å². The second-order valence-corrected chi connectivity index (χ2v) is 4.03. The summed E-state index contributed by atoms with van der Waals surface area (Å²) >= 11 is 0. The molecule has 0 unspecified atom stereocenters. The minimum Gasteiger partial charge on any atom is -0.445 e. The highest BCUT2D eigenvalue weighted by Gasteiger charge is 2.07. The van der Waals surface area contributed by atoms with Crippen LogP contribution in [0.4, 0.5) is 4.79 Å². The molecule has 18 heavy (non-hydrogen) atoms. The van der Waals surface area contributed by atoms with Crippen LogP contribution < -0.4 is 5.32 Å². The summed E-state index contributed by atoms with van der Waals surface area (Å²) in [5.74, 6) is 0. The van der Waals surface area contributed by atoms with Gasteiger partial charge in [-0.1, -0.05) is 24.8 Å². The Morgan fingerprint density at radius 1 is 1.56 bits per heavy atom. The Bertz CT molecular complexity index is 481. The van der Waals surface area contributed by atoms with Gasteiger partial charge in [0.15, 0.2) is 0 Å². The average molecular weight is 244 g/mol. The summed E-state index contributed by atoms with van der Waals surface area (Å²) in [6, 6.07) is 4.00. The van der Waals surface area contributed by atoms with E-state index < -0.39 is 6.09 Å². The van der Waals surface area contributed by atoms with E-state index in [1.165, 1.54) is 11.6 Å². The monoisotopic (exact) mass is 244 g/mol. The van der Waals surface area contributed by atoms with E-state index in [1.54, 1.807) is 0 Å². The Kier molecular flexibility index (Phi) is 4.12. The number of aryl methyl sites for hydroxylation is 1. The fraction of sp³-hybridized carbons (Fsp3) is 0.286. The normalized spacial score (nSPS) is 12.7. The van der Waals surface area contributed by atoms with Gasteiger partial charge in [-0.3, -0.25) is 4.98 Å². The molecule has 0 radical (unpaired) electrons. The second-order valence-electron chi connectivity index (χ2n) is 4.03. The maximum atomic E-state index is 11.2. The summed E-state index contributed by atoms with van der Waals surface area (Å²) in [6.45, 7) is 4.06. The van der Waals surface area contributed by atoms with Crippen LogP contribution in [0.1, 0.15) is 23.4 Å². The van der Waals surface area contributed by atoms with Crippen LogP contribution in [0.2, 0.25) is 0 Å². The third kappa shape index (κ3) is 3.20. The highest BCUT2D eigenvalue weighted by molar-refractivity contribution is 5.67. The van der Waals surface area contributed by atoms with Crippen LogP contribution in [0.5, 0.6) is 0 Å². The van der Waals surface area contributed by atoms with E-state index in [-0.39, 0.29) is 6.61 Å². The van der Waals surface area contributed by atoms with Crippen molar-refractivity contribution in [3.05, 3.63) is 47.8 Å². The molecule has 1 aromatic heterocycles. The highest BCUT2D eigenvalue weighted by Crippen LogP contribution is 2.17. The predicted octanol–water partition coefficient (Wildman–Crippen LogP) is 2.45. The van der Waals surface area contributed by atoms with E-state index in [4.69, 9.17) is 4.74 Å². The highest BCUT2D eigenvalue weighted by atomic mass is 16.5. The smallest absolute Gasteiger partial charge is 0.407 e. The molecule has 0 aromatic carbocycles. The van der Waals surface area contributed by atoms with Gasteiger partial charge in [-0.25, -0.2) is 4.79 Å². The molecule has 1 heterocycles. The van der Waals surface area contributed by atoms with Crippen LogP contribution in [-0.4, -0.2) is 17.7 Å². The molecule has 4 heteroatoms. The van der Waals surface area contributed by atoms with Gasteiger partial charge < -0.3 is 10.1 Å². The maximum Gasteiger partial charge on any atom is 0.407 e. The molecule has 1 aliphatic carbocycles. The molecule has 0 fully saturated rings. The maximum absolute atomic E-state index is 11.2. The Balaban J connectivity index is 1.92. The SMILES string of the molecule is C=CCOC(=O)NCc1ccc2c(n1)C=CCC2. The van der Waals surface area contributed by atoms with Gasteiger partial charge in [0.1, 0.15) is 6.61 Å². The van der Waals surface area contributed by atoms with Gasteiger partial charge in [-0.05, 0) is 30.5 Å². The quantitative estimate of drug-likeness (QED) is 0.828. The molecule has 0 saturated carbocycles. The number of amides is 1. The topological polar surface area (TPSA) is 51.2 Å². The minimum absolute atomic E-state index is 0.214. The van der Waals surface area contributed by atoms with Gasteiger partial charge >= 0.3 is 6.09 Å². The van der Waals surface area contributed by atoms with Crippen molar-refractivity contribution in [1.29, 1.82) is 0 Å². The molecule has 94 valence electrons. The van der Waals surface area contributed by atoms with Crippen molar-refractivity contribution in [2.24, 2.45) is 0 Å². The van der Waals surface area contributed by atoms with E-state index in [9.17, 15) is 4.79 Å². The number of pyridine rings is 1. The number of alkyl carbamates (subject to hydrolysis) is 1. The molecular formula is C14H16N2O2. The average Bonchev–Trinajstić information content (AvgIpc) is 2.42. The van der Waals surface area contributed by atoms with Crippen molar-refractivity contribution in [3.8, 4) is 0 Å². The largest absolute Gasteiger partial charge is 0.445 e. The van der Waals surface area contributed by atoms with Gasteiger partial charge in [-0.2, -0.15) is 0 Å². The van der Waals surface area contributed by atoms with Crippen molar-refractivity contribution in [2.75, 3.05) is 6.61 Å². The molecule has 0 spiro atoms. The number of aromatic nitrogens is 1. The zero-order valence-electron chi connectivity index (χ0n) is 10.2. The fourth-order valence-electron chi connectivity index (χ4n) is 1.78. The number of hydrogen-bond donors (Lipinski definition) is 1. The Morgan fingerprint density at radius 3 is 3.28 bits per heavy atom. The summed E-state index contributed by atoms with van der Waals surface area (Å²) < 4.78 is 4.82. The molecule has 0 atom stereocenters. The number of ether oxygens (including phenoxy) is 1. The zero-order chi connectivity index (χ0) is 12.8. The number of hydrogen-bond acceptors (Lipinski definition) is 3. The van der Waals surface area contributed by atoms with Gasteiger partial charge in [0.05, 0.1) is 17.9 Å². The van der Waals surface area contributed by atoms with E-state index in [0.717, 1.165) is 24.2 Å². The number of carbonyl (C=O) groups is 1. The first-order valence-corrected chi connectivity index (χ1v) is 5.96. The van der Waals surface area contributed by atoms with Crippen LogP contribution in [0.25, 0.3) is 6.08 Å². The molecule has 1 amide bonds. The summed E-state index contributed by atoms with van der Waals surface area (Å²) in [7, 11) is 0. The van der Waals surface area contributed by atoms with Crippen molar-refractivity contribution >= 4 is 12.2 Å². The number of carbonyl (C=O) groups excluding carboxylic acids is 1. The van der Waals surface area contributed by atoms with Crippen molar-refractivity contribution in [1.82, 2.24) is 10.3 Å². The Hall–Kier alpha value is -2.10. The van der Waals surface area contributed by atoms with Crippen LogP contribution in [0.15, 0.2) is 30.9 Å². The summed E-state index contributed by atoms with van der Waals surface area (Å²) in [5, 5.41) is 2.65. The third-order valence-electron chi connectivity index (χ3n) is 2.67.